The molecular formula is C26H36BrN7S. The maximum atomic E-state index is 4.39. The number of rotatable bonds is 9. The SMILES string of the molecule is CCN(CC[N+](C)(C)C)c1ccc(N=Nc2ccc(C=NN=c3sc(C)c(C)n3C)cc2)cc1.[Br-]. The third-order valence-electron chi connectivity index (χ3n) is 5.71. The third-order valence-corrected chi connectivity index (χ3v) is 6.85. The van der Waals surface area contributed by atoms with Gasteiger partial charge in [0.15, 0.2) is 0 Å². The zero-order valence-electron chi connectivity index (χ0n) is 21.7. The van der Waals surface area contributed by atoms with Crippen LogP contribution in [0.15, 0.2) is 69.0 Å². The summed E-state index contributed by atoms with van der Waals surface area (Å²) < 4.78 is 3.01. The quantitative estimate of drug-likeness (QED) is 0.173. The predicted octanol–water partition coefficient (Wildman–Crippen LogP) is 2.59. The molecule has 0 fully saturated rings. The summed E-state index contributed by atoms with van der Waals surface area (Å²) in [6.07, 6.45) is 1.75. The Labute approximate surface area is 223 Å². The molecule has 9 heteroatoms. The van der Waals surface area contributed by atoms with E-state index in [0.29, 0.717) is 0 Å². The molecule has 2 aromatic carbocycles. The normalized spacial score (nSPS) is 12.5. The average Bonchev–Trinajstić information content (AvgIpc) is 3.05. The maximum absolute atomic E-state index is 4.39. The van der Waals surface area contributed by atoms with E-state index in [1.165, 1.54) is 16.3 Å². The lowest BCUT2D eigenvalue weighted by molar-refractivity contribution is -0.868. The lowest BCUT2D eigenvalue weighted by Crippen LogP contribution is -3.00. The summed E-state index contributed by atoms with van der Waals surface area (Å²) in [5, 5.41) is 17.3. The summed E-state index contributed by atoms with van der Waals surface area (Å²) in [5.74, 6) is 0. The van der Waals surface area contributed by atoms with E-state index in [9.17, 15) is 0 Å². The molecule has 35 heavy (non-hydrogen) atoms. The Morgan fingerprint density at radius 3 is 2.00 bits per heavy atom. The number of hydrogen-bond acceptors (Lipinski definition) is 6. The van der Waals surface area contributed by atoms with Crippen LogP contribution in [-0.2, 0) is 7.05 Å². The number of benzene rings is 2. The lowest BCUT2D eigenvalue weighted by Gasteiger charge is -2.29. The molecule has 0 bridgehead atoms. The number of quaternary nitrogens is 1. The Hall–Kier alpha value is -2.62. The topological polar surface area (TPSA) is 57.6 Å². The van der Waals surface area contributed by atoms with Crippen molar-refractivity contribution in [3.05, 3.63) is 69.5 Å². The van der Waals surface area contributed by atoms with Gasteiger partial charge < -0.3 is 30.9 Å². The van der Waals surface area contributed by atoms with Gasteiger partial charge in [-0.1, -0.05) is 12.1 Å². The molecule has 0 saturated carbocycles. The number of nitrogens with zero attached hydrogens (tertiary/aromatic N) is 7. The molecule has 0 amide bonds. The number of likely N-dealkylation sites (N-methyl/N-ethyl adjacent to an activating group) is 2. The highest BCUT2D eigenvalue weighted by Crippen LogP contribution is 2.22. The first-order valence-corrected chi connectivity index (χ1v) is 12.4. The summed E-state index contributed by atoms with van der Waals surface area (Å²) >= 11 is 1.64. The molecule has 1 heterocycles. The van der Waals surface area contributed by atoms with E-state index in [1.54, 1.807) is 17.6 Å². The van der Waals surface area contributed by atoms with Gasteiger partial charge in [0.1, 0.15) is 0 Å². The van der Waals surface area contributed by atoms with Gasteiger partial charge in [-0.05, 0) is 62.7 Å². The molecule has 0 radical (unpaired) electrons. The molecule has 188 valence electrons. The zero-order valence-corrected chi connectivity index (χ0v) is 24.1. The number of thiazole rings is 1. The van der Waals surface area contributed by atoms with Gasteiger partial charge in [0, 0.05) is 29.9 Å². The summed E-state index contributed by atoms with van der Waals surface area (Å²) in [4.78, 5) is 4.53. The largest absolute Gasteiger partial charge is 1.00 e. The highest BCUT2D eigenvalue weighted by molar-refractivity contribution is 7.09. The molecule has 0 saturated heterocycles. The minimum Gasteiger partial charge on any atom is -1.00 e. The van der Waals surface area contributed by atoms with E-state index in [-0.39, 0.29) is 17.0 Å². The Balaban J connectivity index is 0.00000432. The van der Waals surface area contributed by atoms with E-state index in [0.717, 1.165) is 45.9 Å². The van der Waals surface area contributed by atoms with Crippen molar-refractivity contribution in [3.63, 3.8) is 0 Å². The minimum absolute atomic E-state index is 0. The minimum atomic E-state index is 0. The molecular weight excluding hydrogens is 522 g/mol. The first-order valence-electron chi connectivity index (χ1n) is 11.5. The fraction of sp³-hybridized carbons (Fsp3) is 0.385. The van der Waals surface area contributed by atoms with Crippen LogP contribution in [0.25, 0.3) is 0 Å². The van der Waals surface area contributed by atoms with Crippen LogP contribution in [0.3, 0.4) is 0 Å². The molecule has 3 aromatic rings. The van der Waals surface area contributed by atoms with Crippen LogP contribution in [0.5, 0.6) is 0 Å². The number of aryl methyl sites for hydroxylation is 1. The van der Waals surface area contributed by atoms with E-state index < -0.39 is 0 Å². The number of halogens is 1. The third kappa shape index (κ3) is 8.52. The Bertz CT molecular complexity index is 1200. The molecule has 3 rings (SSSR count). The second-order valence-electron chi connectivity index (χ2n) is 9.33. The fourth-order valence-electron chi connectivity index (χ4n) is 3.25. The first kappa shape index (κ1) is 28.6. The van der Waals surface area contributed by atoms with Crippen LogP contribution in [0.1, 0.15) is 23.1 Å². The monoisotopic (exact) mass is 557 g/mol. The summed E-state index contributed by atoms with van der Waals surface area (Å²) in [7, 11) is 8.67. The van der Waals surface area contributed by atoms with Crippen molar-refractivity contribution in [2.75, 3.05) is 45.7 Å². The van der Waals surface area contributed by atoms with Gasteiger partial charge in [-0.15, -0.1) is 16.4 Å². The summed E-state index contributed by atoms with van der Waals surface area (Å²) in [6.45, 7) is 9.47. The molecule has 7 nitrogen and oxygen atoms in total. The number of hydrogen-bond donors (Lipinski definition) is 0. The van der Waals surface area contributed by atoms with E-state index in [2.05, 4.69) is 83.9 Å². The van der Waals surface area contributed by atoms with Gasteiger partial charge in [0.25, 0.3) is 0 Å². The van der Waals surface area contributed by atoms with Crippen molar-refractivity contribution in [2.45, 2.75) is 20.8 Å². The van der Waals surface area contributed by atoms with Crippen molar-refractivity contribution < 1.29 is 21.5 Å². The smallest absolute Gasteiger partial charge is 0.210 e. The van der Waals surface area contributed by atoms with Crippen molar-refractivity contribution in [1.29, 1.82) is 0 Å². The van der Waals surface area contributed by atoms with Crippen LogP contribution >= 0.6 is 11.3 Å². The molecule has 0 N–H and O–H groups in total. The standard InChI is InChI=1S/C26H36N7S.BrH/c1-8-32(17-18-33(5,6)7)25-15-13-24(14-16-25)29-28-23-11-9-22(10-12-23)19-27-30-26-31(4)20(2)21(3)34-26;/h9-16,19H,8,17-18H2,1-7H3;1H/q+1;/p-1. The second kappa shape index (κ2) is 12.9. The van der Waals surface area contributed by atoms with Gasteiger partial charge in [-0.3, -0.25) is 0 Å². The second-order valence-corrected chi connectivity index (χ2v) is 10.5. The fourth-order valence-corrected chi connectivity index (χ4v) is 4.17. The number of aromatic nitrogens is 1. The predicted molar refractivity (Wildman–Crippen MR) is 144 cm³/mol. The van der Waals surface area contributed by atoms with Gasteiger partial charge in [-0.25, -0.2) is 0 Å². The van der Waals surface area contributed by atoms with Gasteiger partial charge >= 0.3 is 0 Å². The molecule has 1 aromatic heterocycles. The Kier molecular flexibility index (Phi) is 10.5. The van der Waals surface area contributed by atoms with Gasteiger partial charge in [-0.2, -0.15) is 15.3 Å². The average molecular weight is 559 g/mol. The van der Waals surface area contributed by atoms with Crippen molar-refractivity contribution in [2.24, 2.45) is 27.5 Å². The zero-order chi connectivity index (χ0) is 24.7. The van der Waals surface area contributed by atoms with Crippen LogP contribution < -0.4 is 26.7 Å². The molecule has 0 unspecified atom stereocenters. The van der Waals surface area contributed by atoms with Gasteiger partial charge in [0.05, 0.1) is 51.8 Å². The number of azo groups is 1. The van der Waals surface area contributed by atoms with Gasteiger partial charge in [0.2, 0.25) is 4.80 Å². The maximum Gasteiger partial charge on any atom is 0.210 e. The van der Waals surface area contributed by atoms with E-state index in [4.69, 9.17) is 0 Å². The van der Waals surface area contributed by atoms with E-state index in [1.807, 2.05) is 43.4 Å². The molecule has 0 spiro atoms. The first-order chi connectivity index (χ1) is 16.2. The Morgan fingerprint density at radius 1 is 0.943 bits per heavy atom. The molecule has 0 aliphatic rings. The van der Waals surface area contributed by atoms with Crippen molar-refractivity contribution in [1.82, 2.24) is 4.57 Å². The summed E-state index contributed by atoms with van der Waals surface area (Å²) in [5.41, 5.74) is 5.03. The van der Waals surface area contributed by atoms with Crippen LogP contribution in [0, 0.1) is 13.8 Å². The lowest BCUT2D eigenvalue weighted by atomic mass is 10.2. The van der Waals surface area contributed by atoms with Crippen LogP contribution in [-0.4, -0.2) is 56.0 Å². The molecule has 0 aliphatic carbocycles. The highest BCUT2D eigenvalue weighted by atomic mass is 79.9. The highest BCUT2D eigenvalue weighted by Gasteiger charge is 2.11. The molecule has 0 atom stereocenters. The van der Waals surface area contributed by atoms with Crippen LogP contribution in [0.4, 0.5) is 17.1 Å². The van der Waals surface area contributed by atoms with E-state index >= 15 is 0 Å². The molecule has 0 aliphatic heterocycles. The van der Waals surface area contributed by atoms with Crippen molar-refractivity contribution in [3.8, 4) is 0 Å². The summed E-state index contributed by atoms with van der Waals surface area (Å²) in [6, 6.07) is 16.1. The van der Waals surface area contributed by atoms with Crippen LogP contribution in [0.2, 0.25) is 0 Å². The number of anilines is 1. The van der Waals surface area contributed by atoms with Crippen molar-refractivity contribution >= 4 is 34.6 Å². The Morgan fingerprint density at radius 2 is 1.51 bits per heavy atom.